The standard InChI is InChI=1S/C23H41N5O/c1-6-24-23(25-18-22(29-7-2)13-16-27(4)5)26-19(3)20-11-10-12-21(17-20)28-14-8-9-15-28/h10-12,17,19,22H,6-9,13-16,18H2,1-5H3,(H2,24,25,26). The first-order chi connectivity index (χ1) is 14.0. The molecule has 1 aliphatic heterocycles. The number of benzene rings is 1. The molecule has 1 fully saturated rings. The lowest BCUT2D eigenvalue weighted by molar-refractivity contribution is 0.0582. The van der Waals surface area contributed by atoms with Crippen molar-refractivity contribution in [3.63, 3.8) is 0 Å². The van der Waals surface area contributed by atoms with E-state index in [-0.39, 0.29) is 12.1 Å². The van der Waals surface area contributed by atoms with Crippen LogP contribution in [-0.4, -0.2) is 70.4 Å². The number of anilines is 1. The first-order valence-electron chi connectivity index (χ1n) is 11.2. The summed E-state index contributed by atoms with van der Waals surface area (Å²) in [7, 11) is 4.19. The van der Waals surface area contributed by atoms with Gasteiger partial charge < -0.3 is 25.2 Å². The smallest absolute Gasteiger partial charge is 0.191 e. The fourth-order valence-corrected chi connectivity index (χ4v) is 3.63. The van der Waals surface area contributed by atoms with Gasteiger partial charge in [0.15, 0.2) is 5.96 Å². The van der Waals surface area contributed by atoms with Gasteiger partial charge in [0.25, 0.3) is 0 Å². The minimum atomic E-state index is 0.145. The highest BCUT2D eigenvalue weighted by Gasteiger charge is 2.15. The van der Waals surface area contributed by atoms with Gasteiger partial charge in [0.05, 0.1) is 18.7 Å². The van der Waals surface area contributed by atoms with Crippen LogP contribution in [0.3, 0.4) is 0 Å². The first-order valence-corrected chi connectivity index (χ1v) is 11.2. The van der Waals surface area contributed by atoms with Crippen LogP contribution < -0.4 is 15.5 Å². The average Bonchev–Trinajstić information content (AvgIpc) is 3.25. The summed E-state index contributed by atoms with van der Waals surface area (Å²) in [5.41, 5.74) is 2.62. The minimum absolute atomic E-state index is 0.145. The molecule has 1 aromatic carbocycles. The van der Waals surface area contributed by atoms with Gasteiger partial charge in [-0.25, -0.2) is 0 Å². The van der Waals surface area contributed by atoms with Crippen molar-refractivity contribution in [1.29, 1.82) is 0 Å². The summed E-state index contributed by atoms with van der Waals surface area (Å²) < 4.78 is 5.89. The highest BCUT2D eigenvalue weighted by Crippen LogP contribution is 2.23. The summed E-state index contributed by atoms with van der Waals surface area (Å²) in [5.74, 6) is 0.848. The number of guanidine groups is 1. The number of aliphatic imine (C=N–C) groups is 1. The first kappa shape index (κ1) is 23.5. The SMILES string of the molecule is CCNC(=NCC(CCN(C)C)OCC)NC(C)c1cccc(N2CCCC2)c1. The zero-order chi connectivity index (χ0) is 21.1. The van der Waals surface area contributed by atoms with Crippen LogP contribution in [0.2, 0.25) is 0 Å². The Morgan fingerprint density at radius 1 is 1.24 bits per heavy atom. The van der Waals surface area contributed by atoms with E-state index >= 15 is 0 Å². The molecule has 2 N–H and O–H groups in total. The van der Waals surface area contributed by atoms with Crippen LogP contribution in [-0.2, 0) is 4.74 Å². The lowest BCUT2D eigenvalue weighted by Gasteiger charge is -2.23. The summed E-state index contributed by atoms with van der Waals surface area (Å²) in [6.45, 7) is 11.9. The Morgan fingerprint density at radius 2 is 2.00 bits per heavy atom. The van der Waals surface area contributed by atoms with E-state index in [1.807, 2.05) is 6.92 Å². The van der Waals surface area contributed by atoms with Crippen molar-refractivity contribution in [2.45, 2.75) is 52.2 Å². The van der Waals surface area contributed by atoms with Crippen LogP contribution in [0.15, 0.2) is 29.3 Å². The molecule has 2 atom stereocenters. The van der Waals surface area contributed by atoms with Crippen molar-refractivity contribution in [3.8, 4) is 0 Å². The van der Waals surface area contributed by atoms with Gasteiger partial charge in [-0.2, -0.15) is 0 Å². The lowest BCUT2D eigenvalue weighted by Crippen LogP contribution is -2.39. The normalized spacial score (nSPS) is 16.9. The van der Waals surface area contributed by atoms with E-state index < -0.39 is 0 Å². The van der Waals surface area contributed by atoms with Crippen LogP contribution in [0.1, 0.15) is 51.6 Å². The molecule has 0 amide bonds. The maximum Gasteiger partial charge on any atom is 0.191 e. The van der Waals surface area contributed by atoms with E-state index in [2.05, 4.69) is 72.6 Å². The molecule has 1 saturated heterocycles. The number of hydrogen-bond donors (Lipinski definition) is 2. The maximum absolute atomic E-state index is 5.89. The van der Waals surface area contributed by atoms with Crippen LogP contribution >= 0.6 is 0 Å². The third kappa shape index (κ3) is 8.23. The molecule has 2 unspecified atom stereocenters. The zero-order valence-electron chi connectivity index (χ0n) is 19.1. The molecule has 0 aromatic heterocycles. The summed E-state index contributed by atoms with van der Waals surface area (Å²) >= 11 is 0. The monoisotopic (exact) mass is 403 g/mol. The fourth-order valence-electron chi connectivity index (χ4n) is 3.63. The fraction of sp³-hybridized carbons (Fsp3) is 0.696. The molecule has 0 radical (unpaired) electrons. The van der Waals surface area contributed by atoms with Gasteiger partial charge in [-0.3, -0.25) is 4.99 Å². The molecule has 0 saturated carbocycles. The van der Waals surface area contributed by atoms with Crippen LogP contribution in [0.25, 0.3) is 0 Å². The maximum atomic E-state index is 5.89. The van der Waals surface area contributed by atoms with Gasteiger partial charge in [0.1, 0.15) is 0 Å². The highest BCUT2D eigenvalue weighted by molar-refractivity contribution is 5.80. The Bertz CT molecular complexity index is 613. The third-order valence-corrected chi connectivity index (χ3v) is 5.29. The lowest BCUT2D eigenvalue weighted by atomic mass is 10.1. The Hall–Kier alpha value is -1.79. The molecule has 0 bridgehead atoms. The van der Waals surface area contributed by atoms with Crippen LogP contribution in [0.5, 0.6) is 0 Å². The van der Waals surface area contributed by atoms with E-state index in [1.54, 1.807) is 0 Å². The molecule has 29 heavy (non-hydrogen) atoms. The summed E-state index contributed by atoms with van der Waals surface area (Å²) in [6, 6.07) is 9.08. The van der Waals surface area contributed by atoms with E-state index in [1.165, 1.54) is 37.2 Å². The molecular weight excluding hydrogens is 362 g/mol. The predicted octanol–water partition coefficient (Wildman–Crippen LogP) is 3.26. The topological polar surface area (TPSA) is 52.1 Å². The molecule has 0 aliphatic carbocycles. The van der Waals surface area contributed by atoms with Crippen LogP contribution in [0.4, 0.5) is 5.69 Å². The van der Waals surface area contributed by atoms with Crippen molar-refractivity contribution in [2.75, 3.05) is 58.3 Å². The van der Waals surface area contributed by atoms with Gasteiger partial charge >= 0.3 is 0 Å². The molecule has 6 heteroatoms. The van der Waals surface area contributed by atoms with Crippen LogP contribution in [0, 0.1) is 0 Å². The summed E-state index contributed by atoms with van der Waals surface area (Å²) in [4.78, 5) is 9.48. The van der Waals surface area contributed by atoms with Crippen molar-refractivity contribution < 1.29 is 4.74 Å². The van der Waals surface area contributed by atoms with Gasteiger partial charge in [-0.15, -0.1) is 0 Å². The van der Waals surface area contributed by atoms with E-state index in [0.717, 1.165) is 32.1 Å². The molecule has 6 nitrogen and oxygen atoms in total. The van der Waals surface area contributed by atoms with E-state index in [4.69, 9.17) is 9.73 Å². The second kappa shape index (κ2) is 12.7. The predicted molar refractivity (Wildman–Crippen MR) is 124 cm³/mol. The van der Waals surface area contributed by atoms with E-state index in [0.29, 0.717) is 6.54 Å². The minimum Gasteiger partial charge on any atom is -0.377 e. The largest absolute Gasteiger partial charge is 0.377 e. The molecule has 1 aromatic rings. The number of rotatable bonds is 11. The Balaban J connectivity index is 2.00. The summed E-state index contributed by atoms with van der Waals surface area (Å²) in [6.07, 6.45) is 3.72. The zero-order valence-corrected chi connectivity index (χ0v) is 19.1. The number of ether oxygens (including phenoxy) is 1. The summed E-state index contributed by atoms with van der Waals surface area (Å²) in [5, 5.41) is 6.95. The van der Waals surface area contributed by atoms with Crippen molar-refractivity contribution in [1.82, 2.24) is 15.5 Å². The average molecular weight is 404 g/mol. The van der Waals surface area contributed by atoms with Crippen molar-refractivity contribution in [2.24, 2.45) is 4.99 Å². The number of nitrogens with one attached hydrogen (secondary N) is 2. The Kier molecular flexibility index (Phi) is 10.3. The second-order valence-electron chi connectivity index (χ2n) is 8.04. The third-order valence-electron chi connectivity index (χ3n) is 5.29. The van der Waals surface area contributed by atoms with Gasteiger partial charge in [-0.1, -0.05) is 12.1 Å². The Labute approximate surface area is 177 Å². The van der Waals surface area contributed by atoms with Gasteiger partial charge in [0.2, 0.25) is 0 Å². The molecule has 164 valence electrons. The molecular formula is C23H41N5O. The van der Waals surface area contributed by atoms with Crippen molar-refractivity contribution in [3.05, 3.63) is 29.8 Å². The van der Waals surface area contributed by atoms with Crippen molar-refractivity contribution >= 4 is 11.6 Å². The number of hydrogen-bond acceptors (Lipinski definition) is 4. The second-order valence-corrected chi connectivity index (χ2v) is 8.04. The molecule has 1 heterocycles. The molecule has 0 spiro atoms. The van der Waals surface area contributed by atoms with Gasteiger partial charge in [-0.05, 0) is 71.8 Å². The molecule has 2 rings (SSSR count). The van der Waals surface area contributed by atoms with Gasteiger partial charge in [0, 0.05) is 38.5 Å². The molecule has 1 aliphatic rings. The quantitative estimate of drug-likeness (QED) is 0.439. The Morgan fingerprint density at radius 3 is 2.66 bits per heavy atom. The highest BCUT2D eigenvalue weighted by atomic mass is 16.5. The number of nitrogens with zero attached hydrogens (tertiary/aromatic N) is 3. The van der Waals surface area contributed by atoms with E-state index in [9.17, 15) is 0 Å².